The second-order valence-corrected chi connectivity index (χ2v) is 6.46. The lowest BCUT2D eigenvalue weighted by atomic mass is 9.94. The maximum absolute atomic E-state index is 10.6. The maximum atomic E-state index is 10.6. The Morgan fingerprint density at radius 2 is 1.67 bits per heavy atom. The Labute approximate surface area is 138 Å². The Hall–Kier alpha value is -1.60. The highest BCUT2D eigenvalue weighted by Gasteiger charge is 2.45. The van der Waals surface area contributed by atoms with Gasteiger partial charge in [0.1, 0.15) is 0 Å². The first kappa shape index (κ1) is 18.7. The van der Waals surface area contributed by atoms with Gasteiger partial charge in [-0.05, 0) is 31.2 Å². The molecule has 1 aliphatic heterocycles. The molecule has 134 valence electrons. The van der Waals surface area contributed by atoms with Crippen molar-refractivity contribution in [1.82, 2.24) is 4.90 Å². The van der Waals surface area contributed by atoms with Crippen LogP contribution in [0.15, 0.2) is 30.3 Å². The van der Waals surface area contributed by atoms with Gasteiger partial charge < -0.3 is 15.1 Å². The van der Waals surface area contributed by atoms with Crippen LogP contribution in [0.4, 0.5) is 13.2 Å². The summed E-state index contributed by atoms with van der Waals surface area (Å²) in [6, 6.07) is 10.9. The van der Waals surface area contributed by atoms with Crippen molar-refractivity contribution in [1.29, 1.82) is 0 Å². The van der Waals surface area contributed by atoms with Gasteiger partial charge in [0.05, 0.1) is 6.10 Å². The van der Waals surface area contributed by atoms with Gasteiger partial charge in [0.15, 0.2) is 0 Å². The van der Waals surface area contributed by atoms with Crippen LogP contribution in [0.2, 0.25) is 0 Å². The molecule has 0 bridgehead atoms. The molecule has 24 heavy (non-hydrogen) atoms. The molecule has 2 aliphatic rings. The summed E-state index contributed by atoms with van der Waals surface area (Å²) in [5, 5.41) is 16.7. The highest BCUT2D eigenvalue weighted by Crippen LogP contribution is 2.48. The van der Waals surface area contributed by atoms with Crippen LogP contribution in [0, 0.1) is 0 Å². The molecule has 0 amide bonds. The summed E-state index contributed by atoms with van der Waals surface area (Å²) in [6.45, 7) is 3.31. The summed E-state index contributed by atoms with van der Waals surface area (Å²) in [5.74, 6) is -2.76. The monoisotopic (exact) mass is 345 g/mol. The van der Waals surface area contributed by atoms with Crippen LogP contribution in [-0.4, -0.2) is 53.0 Å². The van der Waals surface area contributed by atoms with E-state index in [1.807, 2.05) is 0 Å². The fourth-order valence-corrected chi connectivity index (χ4v) is 2.99. The Kier molecular flexibility index (Phi) is 5.87. The Morgan fingerprint density at radius 1 is 1.17 bits per heavy atom. The molecule has 1 aromatic carbocycles. The first-order chi connectivity index (χ1) is 11.2. The van der Waals surface area contributed by atoms with Crippen molar-refractivity contribution in [2.24, 2.45) is 0 Å². The number of aliphatic hydroxyl groups excluding tert-OH is 1. The quantitative estimate of drug-likeness (QED) is 0.884. The number of halogens is 3. The van der Waals surface area contributed by atoms with Crippen molar-refractivity contribution < 1.29 is 28.2 Å². The number of aliphatic hydroxyl groups is 1. The van der Waals surface area contributed by atoms with E-state index in [0.717, 1.165) is 25.9 Å². The molecule has 0 spiro atoms. The lowest BCUT2D eigenvalue weighted by Gasteiger charge is -2.32. The normalized spacial score (nSPS) is 20.8. The molecule has 7 heteroatoms. The van der Waals surface area contributed by atoms with Gasteiger partial charge in [-0.3, -0.25) is 0 Å². The van der Waals surface area contributed by atoms with Gasteiger partial charge in [-0.2, -0.15) is 13.2 Å². The molecule has 0 radical (unpaired) electrons. The van der Waals surface area contributed by atoms with Crippen molar-refractivity contribution in [3.05, 3.63) is 35.9 Å². The summed E-state index contributed by atoms with van der Waals surface area (Å²) in [7, 11) is 0. The van der Waals surface area contributed by atoms with Crippen LogP contribution in [0.1, 0.15) is 31.2 Å². The number of carboxylic acids is 1. The molecule has 0 aromatic heterocycles. The van der Waals surface area contributed by atoms with E-state index in [1.54, 1.807) is 0 Å². The third-order valence-corrected chi connectivity index (χ3v) is 4.57. The van der Waals surface area contributed by atoms with Crippen LogP contribution >= 0.6 is 0 Å². The minimum atomic E-state index is -5.08. The average Bonchev–Trinajstić information content (AvgIpc) is 3.31. The fraction of sp³-hybridized carbons (Fsp3) is 0.588. The first-order valence-corrected chi connectivity index (χ1v) is 7.99. The number of benzene rings is 1. The van der Waals surface area contributed by atoms with Gasteiger partial charge in [0.2, 0.25) is 0 Å². The number of piperidine rings is 1. The van der Waals surface area contributed by atoms with Crippen LogP contribution in [0.25, 0.3) is 0 Å². The number of hydrogen-bond donors (Lipinski definition) is 2. The molecule has 1 aromatic rings. The van der Waals surface area contributed by atoms with Gasteiger partial charge in [-0.15, -0.1) is 0 Å². The molecule has 1 saturated carbocycles. The van der Waals surface area contributed by atoms with Gasteiger partial charge in [0, 0.05) is 25.0 Å². The topological polar surface area (TPSA) is 60.8 Å². The van der Waals surface area contributed by atoms with Crippen molar-refractivity contribution in [3.63, 3.8) is 0 Å². The predicted molar refractivity (Wildman–Crippen MR) is 82.7 cm³/mol. The van der Waals surface area contributed by atoms with E-state index in [0.29, 0.717) is 5.41 Å². The van der Waals surface area contributed by atoms with Crippen molar-refractivity contribution in [2.75, 3.05) is 19.6 Å². The first-order valence-electron chi connectivity index (χ1n) is 7.99. The lowest BCUT2D eigenvalue weighted by Crippen LogP contribution is -2.40. The molecular weight excluding hydrogens is 323 g/mol. The summed E-state index contributed by atoms with van der Waals surface area (Å²) >= 11 is 0. The van der Waals surface area contributed by atoms with E-state index in [1.165, 1.54) is 24.9 Å². The average molecular weight is 345 g/mol. The zero-order valence-corrected chi connectivity index (χ0v) is 13.3. The number of aliphatic carboxylic acids is 1. The second-order valence-electron chi connectivity index (χ2n) is 6.46. The third-order valence-electron chi connectivity index (χ3n) is 4.57. The summed E-state index contributed by atoms with van der Waals surface area (Å²) < 4.78 is 31.7. The molecule has 1 aliphatic carbocycles. The highest BCUT2D eigenvalue weighted by atomic mass is 19.4. The zero-order chi connectivity index (χ0) is 17.8. The second kappa shape index (κ2) is 7.53. The smallest absolute Gasteiger partial charge is 0.475 e. The number of likely N-dealkylation sites (tertiary alicyclic amines) is 1. The van der Waals surface area contributed by atoms with E-state index < -0.39 is 12.1 Å². The molecule has 2 N–H and O–H groups in total. The number of nitrogens with zero attached hydrogens (tertiary/aromatic N) is 1. The number of carbonyl (C=O) groups is 1. The molecule has 2 fully saturated rings. The Balaban J connectivity index is 0.000000256. The summed E-state index contributed by atoms with van der Waals surface area (Å²) in [4.78, 5) is 11.4. The zero-order valence-electron chi connectivity index (χ0n) is 13.3. The molecule has 4 nitrogen and oxygen atoms in total. The number of carboxylic acid groups (broad SMARTS) is 1. The molecular formula is C17H22F3NO3. The van der Waals surface area contributed by atoms with Crippen molar-refractivity contribution in [2.45, 2.75) is 43.4 Å². The minimum absolute atomic E-state index is 0.0573. The summed E-state index contributed by atoms with van der Waals surface area (Å²) in [6.07, 6.45) is -0.583. The lowest BCUT2D eigenvalue weighted by molar-refractivity contribution is -0.192. The van der Waals surface area contributed by atoms with E-state index in [4.69, 9.17) is 9.90 Å². The highest BCUT2D eigenvalue weighted by molar-refractivity contribution is 5.73. The van der Waals surface area contributed by atoms with Crippen LogP contribution in [0.3, 0.4) is 0 Å². The van der Waals surface area contributed by atoms with Gasteiger partial charge in [-0.25, -0.2) is 4.79 Å². The number of alkyl halides is 3. The van der Waals surface area contributed by atoms with E-state index in [9.17, 15) is 18.3 Å². The van der Waals surface area contributed by atoms with Gasteiger partial charge in [-0.1, -0.05) is 30.3 Å². The van der Waals surface area contributed by atoms with Crippen LogP contribution < -0.4 is 0 Å². The van der Waals surface area contributed by atoms with Gasteiger partial charge >= 0.3 is 12.1 Å². The van der Waals surface area contributed by atoms with E-state index in [2.05, 4.69) is 35.2 Å². The largest absolute Gasteiger partial charge is 0.490 e. The Bertz CT molecular complexity index is 536. The summed E-state index contributed by atoms with van der Waals surface area (Å²) in [5.41, 5.74) is 1.94. The number of rotatable bonds is 3. The van der Waals surface area contributed by atoms with Crippen LogP contribution in [0.5, 0.6) is 0 Å². The molecule has 0 atom stereocenters. The van der Waals surface area contributed by atoms with Crippen molar-refractivity contribution >= 4 is 5.97 Å². The molecule has 0 unspecified atom stereocenters. The fourth-order valence-electron chi connectivity index (χ4n) is 2.99. The van der Waals surface area contributed by atoms with Crippen LogP contribution in [-0.2, 0) is 10.2 Å². The van der Waals surface area contributed by atoms with Crippen molar-refractivity contribution in [3.8, 4) is 0 Å². The molecule has 1 heterocycles. The third kappa shape index (κ3) is 5.21. The maximum Gasteiger partial charge on any atom is 0.490 e. The predicted octanol–water partition coefficient (Wildman–Crippen LogP) is 2.81. The SMILES string of the molecule is O=C(O)C(F)(F)F.OC1CCN(CC2(c3ccccc3)CC2)CC1. The van der Waals surface area contributed by atoms with E-state index >= 15 is 0 Å². The molecule has 1 saturated heterocycles. The standard InChI is InChI=1S/C15H21NO.C2HF3O2/c17-14-6-10-16(11-7-14)12-15(8-9-15)13-4-2-1-3-5-13;3-2(4,5)1(6)7/h1-5,14,17H,6-12H2;(H,6,7). The number of hydrogen-bond acceptors (Lipinski definition) is 3. The van der Waals surface area contributed by atoms with Gasteiger partial charge in [0.25, 0.3) is 0 Å². The Morgan fingerprint density at radius 3 is 2.08 bits per heavy atom. The van der Waals surface area contributed by atoms with E-state index in [-0.39, 0.29) is 6.10 Å². The molecule has 3 rings (SSSR count). The minimum Gasteiger partial charge on any atom is -0.475 e.